The molecule has 0 atom stereocenters. The Kier molecular flexibility index (Phi) is 2.95. The average Bonchev–Trinajstić information content (AvgIpc) is 1.95. The van der Waals surface area contributed by atoms with Crippen molar-refractivity contribution >= 4 is 34.8 Å². The summed E-state index contributed by atoms with van der Waals surface area (Å²) >= 11 is 15.8. The SMILES string of the molecule is FC(F)(F)c1c(Cl)cnc(Cl)c1Cl. The maximum Gasteiger partial charge on any atom is 0.419 e. The summed E-state index contributed by atoms with van der Waals surface area (Å²) in [6, 6.07) is 0. The van der Waals surface area contributed by atoms with E-state index in [1.54, 1.807) is 0 Å². The van der Waals surface area contributed by atoms with Crippen LogP contribution >= 0.6 is 34.8 Å². The van der Waals surface area contributed by atoms with Crippen LogP contribution in [0.1, 0.15) is 5.56 Å². The first-order chi connectivity index (χ1) is 5.84. The molecule has 0 N–H and O–H groups in total. The highest BCUT2D eigenvalue weighted by molar-refractivity contribution is 6.43. The van der Waals surface area contributed by atoms with Gasteiger partial charge in [-0.3, -0.25) is 0 Å². The molecule has 1 aromatic heterocycles. The van der Waals surface area contributed by atoms with Crippen molar-refractivity contribution in [2.75, 3.05) is 0 Å². The van der Waals surface area contributed by atoms with Crippen LogP contribution in [0.15, 0.2) is 6.20 Å². The zero-order valence-corrected chi connectivity index (χ0v) is 8.06. The first kappa shape index (κ1) is 10.9. The third-order valence-corrected chi connectivity index (χ3v) is 2.25. The number of pyridine rings is 1. The van der Waals surface area contributed by atoms with Crippen molar-refractivity contribution in [2.45, 2.75) is 6.18 Å². The number of aromatic nitrogens is 1. The van der Waals surface area contributed by atoms with Gasteiger partial charge in [0.25, 0.3) is 0 Å². The van der Waals surface area contributed by atoms with Crippen molar-refractivity contribution in [1.82, 2.24) is 4.98 Å². The Morgan fingerprint density at radius 1 is 1.15 bits per heavy atom. The van der Waals surface area contributed by atoms with Crippen LogP contribution < -0.4 is 0 Å². The van der Waals surface area contributed by atoms with Crippen molar-refractivity contribution in [2.24, 2.45) is 0 Å². The molecule has 0 bridgehead atoms. The molecule has 1 nitrogen and oxygen atoms in total. The van der Waals surface area contributed by atoms with Crippen LogP contribution in [0.5, 0.6) is 0 Å². The van der Waals surface area contributed by atoms with Crippen LogP contribution in [-0.4, -0.2) is 4.98 Å². The van der Waals surface area contributed by atoms with E-state index in [1.165, 1.54) is 0 Å². The minimum atomic E-state index is -4.62. The fourth-order valence-corrected chi connectivity index (χ4v) is 1.40. The van der Waals surface area contributed by atoms with Crippen molar-refractivity contribution in [3.63, 3.8) is 0 Å². The Balaban J connectivity index is 3.43. The number of rotatable bonds is 0. The van der Waals surface area contributed by atoms with Crippen LogP contribution in [-0.2, 0) is 6.18 Å². The molecule has 72 valence electrons. The summed E-state index contributed by atoms with van der Waals surface area (Å²) in [4.78, 5) is 3.35. The van der Waals surface area contributed by atoms with Gasteiger partial charge in [0.2, 0.25) is 0 Å². The number of nitrogens with zero attached hydrogens (tertiary/aromatic N) is 1. The molecule has 0 saturated heterocycles. The molecular formula is C6HCl3F3N. The van der Waals surface area contributed by atoms with Gasteiger partial charge in [0.1, 0.15) is 5.15 Å². The van der Waals surface area contributed by atoms with E-state index >= 15 is 0 Å². The fraction of sp³-hybridized carbons (Fsp3) is 0.167. The molecule has 0 radical (unpaired) electrons. The number of halogens is 6. The molecule has 0 aliphatic rings. The molecule has 0 unspecified atom stereocenters. The second kappa shape index (κ2) is 3.52. The summed E-state index contributed by atoms with van der Waals surface area (Å²) in [5, 5.41) is -1.66. The van der Waals surface area contributed by atoms with Crippen LogP contribution in [0.3, 0.4) is 0 Å². The molecule has 0 spiro atoms. The van der Waals surface area contributed by atoms with E-state index in [9.17, 15) is 13.2 Å². The van der Waals surface area contributed by atoms with Crippen molar-refractivity contribution < 1.29 is 13.2 Å². The van der Waals surface area contributed by atoms with Gasteiger partial charge in [-0.05, 0) is 0 Å². The normalized spacial score (nSPS) is 11.8. The maximum absolute atomic E-state index is 12.2. The lowest BCUT2D eigenvalue weighted by atomic mass is 10.2. The smallest absolute Gasteiger partial charge is 0.241 e. The molecule has 0 amide bonds. The lowest BCUT2D eigenvalue weighted by Gasteiger charge is -2.10. The lowest BCUT2D eigenvalue weighted by Crippen LogP contribution is -2.07. The second-order valence-electron chi connectivity index (χ2n) is 2.08. The lowest BCUT2D eigenvalue weighted by molar-refractivity contribution is -0.137. The number of hydrogen-bond donors (Lipinski definition) is 0. The molecule has 0 saturated carbocycles. The van der Waals surface area contributed by atoms with Crippen LogP contribution in [0.25, 0.3) is 0 Å². The van der Waals surface area contributed by atoms with Crippen molar-refractivity contribution in [3.8, 4) is 0 Å². The third kappa shape index (κ3) is 2.18. The Morgan fingerprint density at radius 3 is 2.08 bits per heavy atom. The third-order valence-electron chi connectivity index (χ3n) is 1.21. The van der Waals surface area contributed by atoms with E-state index in [4.69, 9.17) is 34.8 Å². The van der Waals surface area contributed by atoms with Gasteiger partial charge in [0, 0.05) is 6.20 Å². The van der Waals surface area contributed by atoms with Gasteiger partial charge in [-0.2, -0.15) is 13.2 Å². The fourth-order valence-electron chi connectivity index (χ4n) is 0.702. The van der Waals surface area contributed by atoms with Gasteiger partial charge >= 0.3 is 6.18 Å². The topological polar surface area (TPSA) is 12.9 Å². The van der Waals surface area contributed by atoms with Gasteiger partial charge in [0.05, 0.1) is 15.6 Å². The maximum atomic E-state index is 12.2. The predicted molar refractivity (Wildman–Crippen MR) is 44.3 cm³/mol. The molecule has 13 heavy (non-hydrogen) atoms. The first-order valence-corrected chi connectivity index (χ1v) is 4.04. The summed E-state index contributed by atoms with van der Waals surface area (Å²) in [5.41, 5.74) is -1.16. The van der Waals surface area contributed by atoms with Crippen molar-refractivity contribution in [1.29, 1.82) is 0 Å². The molecule has 1 aromatic rings. The van der Waals surface area contributed by atoms with Gasteiger partial charge < -0.3 is 0 Å². The second-order valence-corrected chi connectivity index (χ2v) is 3.23. The molecule has 0 aromatic carbocycles. The summed E-state index contributed by atoms with van der Waals surface area (Å²) in [5.74, 6) is 0. The summed E-state index contributed by atoms with van der Waals surface area (Å²) < 4.78 is 36.7. The van der Waals surface area contributed by atoms with E-state index in [0.29, 0.717) is 0 Å². The zero-order chi connectivity index (χ0) is 10.2. The zero-order valence-electron chi connectivity index (χ0n) is 5.79. The molecular weight excluding hydrogens is 249 g/mol. The first-order valence-electron chi connectivity index (χ1n) is 2.90. The minimum Gasteiger partial charge on any atom is -0.241 e. The summed E-state index contributed by atoms with van der Waals surface area (Å²) in [6.45, 7) is 0. The van der Waals surface area contributed by atoms with E-state index in [0.717, 1.165) is 6.20 Å². The molecule has 0 fully saturated rings. The number of alkyl halides is 3. The molecule has 1 heterocycles. The van der Waals surface area contributed by atoms with Gasteiger partial charge in [0.15, 0.2) is 0 Å². The van der Waals surface area contributed by atoms with Gasteiger partial charge in [-0.25, -0.2) is 4.98 Å². The Morgan fingerprint density at radius 2 is 1.69 bits per heavy atom. The quantitative estimate of drug-likeness (QED) is 0.633. The molecule has 0 aliphatic carbocycles. The molecule has 1 rings (SSSR count). The highest BCUT2D eigenvalue weighted by Crippen LogP contribution is 2.41. The number of hydrogen-bond acceptors (Lipinski definition) is 1. The van der Waals surface area contributed by atoms with E-state index in [-0.39, 0.29) is 0 Å². The highest BCUT2D eigenvalue weighted by atomic mass is 35.5. The predicted octanol–water partition coefficient (Wildman–Crippen LogP) is 4.06. The van der Waals surface area contributed by atoms with Gasteiger partial charge in [-0.15, -0.1) is 0 Å². The van der Waals surface area contributed by atoms with Crippen LogP contribution in [0.2, 0.25) is 15.2 Å². The Bertz CT molecular complexity index is 337. The van der Waals surface area contributed by atoms with Crippen LogP contribution in [0, 0.1) is 0 Å². The standard InChI is InChI=1S/C6HCl3F3N/c7-2-1-13-5(9)4(8)3(2)6(10,11)12/h1H. The Hall–Kier alpha value is -0.190. The summed E-state index contributed by atoms with van der Waals surface area (Å²) in [7, 11) is 0. The average molecular weight is 250 g/mol. The van der Waals surface area contributed by atoms with Crippen molar-refractivity contribution in [3.05, 3.63) is 27.0 Å². The van der Waals surface area contributed by atoms with E-state index in [2.05, 4.69) is 4.98 Å². The van der Waals surface area contributed by atoms with Gasteiger partial charge in [-0.1, -0.05) is 34.8 Å². The molecule has 7 heteroatoms. The minimum absolute atomic E-state index is 0.418. The van der Waals surface area contributed by atoms with E-state index in [1.807, 2.05) is 0 Å². The van der Waals surface area contributed by atoms with E-state index < -0.39 is 26.9 Å². The molecule has 0 aliphatic heterocycles. The largest absolute Gasteiger partial charge is 0.419 e. The summed E-state index contributed by atoms with van der Waals surface area (Å²) in [6.07, 6.45) is -3.82. The highest BCUT2D eigenvalue weighted by Gasteiger charge is 2.37. The van der Waals surface area contributed by atoms with Crippen LogP contribution in [0.4, 0.5) is 13.2 Å². The monoisotopic (exact) mass is 249 g/mol. The Labute approximate surface area is 86.4 Å².